The fraction of sp³-hybridized carbons (Fsp3) is 0.394. The number of ether oxygens (including phenoxy) is 2. The van der Waals surface area contributed by atoms with Crippen LogP contribution in [-0.4, -0.2) is 55.3 Å². The fourth-order valence-electron chi connectivity index (χ4n) is 5.80. The second-order valence-electron chi connectivity index (χ2n) is 11.1. The molecule has 1 saturated heterocycles. The average Bonchev–Trinajstić information content (AvgIpc) is 3.52. The summed E-state index contributed by atoms with van der Waals surface area (Å²) in [5.41, 5.74) is 3.17. The Morgan fingerprint density at radius 3 is 2.73 bits per heavy atom. The van der Waals surface area contributed by atoms with Crippen LogP contribution >= 0.6 is 0 Å². The zero-order chi connectivity index (χ0) is 31.2. The predicted molar refractivity (Wildman–Crippen MR) is 173 cm³/mol. The number of fused-ring (bicyclic) bond motifs is 2. The van der Waals surface area contributed by atoms with Crippen molar-refractivity contribution in [1.29, 1.82) is 0 Å². The van der Waals surface area contributed by atoms with Crippen LogP contribution in [0, 0.1) is 0 Å². The molecule has 2 aromatic carbocycles. The van der Waals surface area contributed by atoms with Crippen LogP contribution in [0.25, 0.3) is 27.8 Å². The van der Waals surface area contributed by atoms with Crippen LogP contribution in [0.5, 0.6) is 0 Å². The summed E-state index contributed by atoms with van der Waals surface area (Å²) < 4.78 is 14.4. The van der Waals surface area contributed by atoms with Gasteiger partial charge in [0.15, 0.2) is 17.0 Å². The number of para-hydroxylation sites is 1. The molecule has 12 heteroatoms. The van der Waals surface area contributed by atoms with E-state index in [9.17, 15) is 9.59 Å². The van der Waals surface area contributed by atoms with Crippen molar-refractivity contribution < 1.29 is 14.3 Å². The van der Waals surface area contributed by atoms with Crippen LogP contribution in [0.15, 0.2) is 66.0 Å². The van der Waals surface area contributed by atoms with Gasteiger partial charge in [-0.1, -0.05) is 31.2 Å². The van der Waals surface area contributed by atoms with E-state index < -0.39 is 0 Å². The zero-order valence-electron chi connectivity index (χ0n) is 25.6. The summed E-state index contributed by atoms with van der Waals surface area (Å²) in [6, 6.07) is 14.8. The van der Waals surface area contributed by atoms with Crippen molar-refractivity contribution in [2.45, 2.75) is 64.1 Å². The average molecular weight is 611 g/mol. The summed E-state index contributed by atoms with van der Waals surface area (Å²) in [6.45, 7) is 3.36. The van der Waals surface area contributed by atoms with Crippen molar-refractivity contribution in [3.8, 4) is 5.69 Å². The Bertz CT molecular complexity index is 1830. The number of hydrogen-bond donors (Lipinski definition) is 2. The Morgan fingerprint density at radius 1 is 1.09 bits per heavy atom. The van der Waals surface area contributed by atoms with Crippen molar-refractivity contribution in [3.05, 3.63) is 77.4 Å². The first kappa shape index (κ1) is 30.2. The molecule has 1 aliphatic heterocycles. The zero-order valence-corrected chi connectivity index (χ0v) is 25.6. The van der Waals surface area contributed by atoms with Crippen molar-refractivity contribution >= 4 is 39.5 Å². The summed E-state index contributed by atoms with van der Waals surface area (Å²) >= 11 is 0. The molecule has 0 bridgehead atoms. The number of anilines is 2. The fourth-order valence-corrected chi connectivity index (χ4v) is 5.80. The van der Waals surface area contributed by atoms with Gasteiger partial charge < -0.3 is 20.1 Å². The van der Waals surface area contributed by atoms with Gasteiger partial charge in [0.05, 0.1) is 36.1 Å². The summed E-state index contributed by atoms with van der Waals surface area (Å²) in [5, 5.41) is 7.44. The van der Waals surface area contributed by atoms with Crippen LogP contribution in [-0.2, 0) is 14.3 Å². The first-order valence-corrected chi connectivity index (χ1v) is 15.6. The van der Waals surface area contributed by atoms with E-state index in [4.69, 9.17) is 14.5 Å². The third kappa shape index (κ3) is 6.37. The molecule has 0 saturated carbocycles. The molecule has 1 aliphatic rings. The van der Waals surface area contributed by atoms with E-state index in [1.54, 1.807) is 10.9 Å². The second-order valence-corrected chi connectivity index (χ2v) is 11.1. The summed E-state index contributed by atoms with van der Waals surface area (Å²) in [4.78, 5) is 44.7. The van der Waals surface area contributed by atoms with Crippen LogP contribution < -0.4 is 16.2 Å². The number of imidazole rings is 1. The SMILES string of the molecule is CC[C@H](Nc1ncnc2c1ncn2C1CCCCO1)c1nc2cccc(NCCCCC(=O)OC)c2c(=O)n1-c1ccccc1. The van der Waals surface area contributed by atoms with E-state index in [0.717, 1.165) is 32.3 Å². The maximum Gasteiger partial charge on any atom is 0.305 e. The van der Waals surface area contributed by atoms with Gasteiger partial charge in [-0.3, -0.25) is 18.7 Å². The highest BCUT2D eigenvalue weighted by Gasteiger charge is 2.25. The topological polar surface area (TPSA) is 138 Å². The van der Waals surface area contributed by atoms with Gasteiger partial charge >= 0.3 is 5.97 Å². The van der Waals surface area contributed by atoms with E-state index in [-0.39, 0.29) is 23.8 Å². The number of carbonyl (C=O) groups excluding carboxylic acids is 1. The molecule has 1 fully saturated rings. The monoisotopic (exact) mass is 610 g/mol. The van der Waals surface area contributed by atoms with Gasteiger partial charge in [0.1, 0.15) is 18.4 Å². The molecule has 0 spiro atoms. The van der Waals surface area contributed by atoms with Gasteiger partial charge in [0, 0.05) is 25.3 Å². The molecule has 5 aromatic rings. The smallest absolute Gasteiger partial charge is 0.305 e. The Labute approximate surface area is 260 Å². The second kappa shape index (κ2) is 13.9. The number of carbonyl (C=O) groups is 1. The quantitative estimate of drug-likeness (QED) is 0.137. The minimum atomic E-state index is -0.369. The Balaban J connectivity index is 1.37. The van der Waals surface area contributed by atoms with E-state index in [2.05, 4.69) is 25.6 Å². The van der Waals surface area contributed by atoms with Crippen LogP contribution in [0.4, 0.5) is 11.5 Å². The lowest BCUT2D eigenvalue weighted by molar-refractivity contribution is -0.140. The Morgan fingerprint density at radius 2 is 1.96 bits per heavy atom. The molecule has 45 heavy (non-hydrogen) atoms. The van der Waals surface area contributed by atoms with Gasteiger partial charge in [-0.2, -0.15) is 0 Å². The number of unbranched alkanes of at least 4 members (excludes halogenated alkanes) is 1. The van der Waals surface area contributed by atoms with Gasteiger partial charge in [0.2, 0.25) is 0 Å². The number of hydrogen-bond acceptors (Lipinski definition) is 10. The Hall–Kier alpha value is -4.84. The molecular weight excluding hydrogens is 572 g/mol. The highest BCUT2D eigenvalue weighted by atomic mass is 16.5. The van der Waals surface area contributed by atoms with Crippen molar-refractivity contribution in [2.75, 3.05) is 30.9 Å². The van der Waals surface area contributed by atoms with E-state index in [0.29, 0.717) is 70.9 Å². The summed E-state index contributed by atoms with van der Waals surface area (Å²) in [6.07, 6.45) is 8.67. The van der Waals surface area contributed by atoms with Crippen LogP contribution in [0.2, 0.25) is 0 Å². The molecule has 0 amide bonds. The molecule has 3 aromatic heterocycles. The molecule has 2 N–H and O–H groups in total. The number of rotatable bonds is 12. The third-order valence-electron chi connectivity index (χ3n) is 8.14. The number of benzene rings is 2. The minimum absolute atomic E-state index is 0.102. The van der Waals surface area contributed by atoms with Crippen LogP contribution in [0.1, 0.15) is 70.0 Å². The maximum atomic E-state index is 14.4. The van der Waals surface area contributed by atoms with E-state index >= 15 is 0 Å². The summed E-state index contributed by atoms with van der Waals surface area (Å²) in [5.74, 6) is 0.909. The molecular formula is C33H38N8O4. The third-order valence-corrected chi connectivity index (χ3v) is 8.14. The number of methoxy groups -OCH3 is 1. The minimum Gasteiger partial charge on any atom is -0.469 e. The molecule has 234 valence electrons. The normalized spacial score (nSPS) is 15.6. The molecule has 2 atom stereocenters. The predicted octanol–water partition coefficient (Wildman–Crippen LogP) is 5.54. The molecule has 1 unspecified atom stereocenters. The Kier molecular flexibility index (Phi) is 9.30. The van der Waals surface area contributed by atoms with Crippen molar-refractivity contribution in [3.63, 3.8) is 0 Å². The highest BCUT2D eigenvalue weighted by Crippen LogP contribution is 2.30. The van der Waals surface area contributed by atoms with E-state index in [1.807, 2.05) is 60.0 Å². The molecule has 12 nitrogen and oxygen atoms in total. The first-order valence-electron chi connectivity index (χ1n) is 15.6. The van der Waals surface area contributed by atoms with Crippen molar-refractivity contribution in [1.82, 2.24) is 29.1 Å². The van der Waals surface area contributed by atoms with E-state index in [1.165, 1.54) is 13.4 Å². The number of esters is 1. The molecule has 0 aliphatic carbocycles. The van der Waals surface area contributed by atoms with Gasteiger partial charge in [-0.25, -0.2) is 19.9 Å². The number of nitrogens with one attached hydrogen (secondary N) is 2. The van der Waals surface area contributed by atoms with Crippen molar-refractivity contribution in [2.24, 2.45) is 0 Å². The maximum absolute atomic E-state index is 14.4. The lowest BCUT2D eigenvalue weighted by Crippen LogP contribution is -2.29. The molecule has 6 rings (SSSR count). The molecule has 0 radical (unpaired) electrons. The highest BCUT2D eigenvalue weighted by molar-refractivity contribution is 5.91. The number of nitrogens with zero attached hydrogens (tertiary/aromatic N) is 6. The van der Waals surface area contributed by atoms with Gasteiger partial charge in [-0.05, 0) is 62.8 Å². The number of aromatic nitrogens is 6. The van der Waals surface area contributed by atoms with Gasteiger partial charge in [0.25, 0.3) is 5.56 Å². The molecule has 4 heterocycles. The largest absolute Gasteiger partial charge is 0.469 e. The first-order chi connectivity index (χ1) is 22.1. The standard InChI is InChI=1S/C33H38N8O4/c1-3-23(38-30-29-32(36-20-35-30)40(21-37-29)26-16-8-10-19-45-26)31-39-25-15-11-14-24(34-18-9-7-17-27(42)44-2)28(25)33(43)41(31)22-12-5-4-6-13-22/h4-6,11-15,20-21,23,26,34H,3,7-10,16-19H2,1-2H3,(H,35,36,38)/t23-,26?/m0/s1. The van der Waals surface area contributed by atoms with Crippen LogP contribution in [0.3, 0.4) is 0 Å². The van der Waals surface area contributed by atoms with Gasteiger partial charge in [-0.15, -0.1) is 0 Å². The lowest BCUT2D eigenvalue weighted by Gasteiger charge is -2.24. The summed E-state index contributed by atoms with van der Waals surface area (Å²) in [7, 11) is 1.39. The lowest BCUT2D eigenvalue weighted by atomic mass is 10.1.